The summed E-state index contributed by atoms with van der Waals surface area (Å²) in [4.78, 5) is 2.78. The van der Waals surface area contributed by atoms with Gasteiger partial charge in [0.2, 0.25) is 0 Å². The second-order valence-electron chi connectivity index (χ2n) is 7.17. The molecule has 0 saturated carbocycles. The van der Waals surface area contributed by atoms with E-state index in [0.29, 0.717) is 12.1 Å². The molecule has 0 amide bonds. The topological polar surface area (TPSA) is 24.5 Å². The second-order valence-corrected chi connectivity index (χ2v) is 7.17. The molecule has 0 aromatic heterocycles. The van der Waals surface area contributed by atoms with E-state index in [1.807, 2.05) is 0 Å². The predicted octanol–water partition coefficient (Wildman–Crippen LogP) is 3.58. The summed E-state index contributed by atoms with van der Waals surface area (Å²) in [6.07, 6.45) is 8.59. The standard InChI is InChI=1S/C18H36N2O/c1-5-16-9-12-20(11-8-15(4)19-16)17-10-13-21-18(6-2,7-3)14-17/h15-17,19H,5-14H2,1-4H3. The highest BCUT2D eigenvalue weighted by atomic mass is 16.5. The maximum absolute atomic E-state index is 6.17. The van der Waals surface area contributed by atoms with Gasteiger partial charge in [-0.15, -0.1) is 0 Å². The summed E-state index contributed by atoms with van der Waals surface area (Å²) in [6.45, 7) is 12.7. The van der Waals surface area contributed by atoms with Gasteiger partial charge < -0.3 is 15.0 Å². The fourth-order valence-corrected chi connectivity index (χ4v) is 4.11. The van der Waals surface area contributed by atoms with Crippen LogP contribution in [-0.2, 0) is 4.74 Å². The molecule has 0 aliphatic carbocycles. The van der Waals surface area contributed by atoms with Crippen LogP contribution in [0.5, 0.6) is 0 Å². The summed E-state index contributed by atoms with van der Waals surface area (Å²) in [5.41, 5.74) is 0.152. The number of nitrogens with zero attached hydrogens (tertiary/aromatic N) is 1. The highest BCUT2D eigenvalue weighted by Crippen LogP contribution is 2.34. The van der Waals surface area contributed by atoms with Gasteiger partial charge in [0.05, 0.1) is 5.60 Å². The van der Waals surface area contributed by atoms with E-state index in [1.165, 1.54) is 45.2 Å². The Bertz CT molecular complexity index is 304. The summed E-state index contributed by atoms with van der Waals surface area (Å²) < 4.78 is 6.17. The molecule has 1 N–H and O–H groups in total. The van der Waals surface area contributed by atoms with Gasteiger partial charge in [0.25, 0.3) is 0 Å². The van der Waals surface area contributed by atoms with Crippen LogP contribution in [0.2, 0.25) is 0 Å². The first kappa shape index (κ1) is 17.2. The van der Waals surface area contributed by atoms with Gasteiger partial charge in [-0.05, 0) is 65.0 Å². The molecule has 2 heterocycles. The Labute approximate surface area is 131 Å². The Morgan fingerprint density at radius 1 is 1.10 bits per heavy atom. The molecule has 0 spiro atoms. The fourth-order valence-electron chi connectivity index (χ4n) is 4.11. The molecule has 0 radical (unpaired) electrons. The van der Waals surface area contributed by atoms with Crippen molar-refractivity contribution in [3.63, 3.8) is 0 Å². The zero-order chi connectivity index (χ0) is 15.3. The quantitative estimate of drug-likeness (QED) is 0.858. The Morgan fingerprint density at radius 2 is 1.81 bits per heavy atom. The van der Waals surface area contributed by atoms with Crippen LogP contribution >= 0.6 is 0 Å². The van der Waals surface area contributed by atoms with Gasteiger partial charge in [0.1, 0.15) is 0 Å². The van der Waals surface area contributed by atoms with E-state index in [-0.39, 0.29) is 5.60 Å². The van der Waals surface area contributed by atoms with Crippen molar-refractivity contribution < 1.29 is 4.74 Å². The molecule has 2 saturated heterocycles. The van der Waals surface area contributed by atoms with E-state index < -0.39 is 0 Å². The molecule has 2 rings (SSSR count). The average molecular weight is 296 g/mol. The molecule has 0 aromatic carbocycles. The highest BCUT2D eigenvalue weighted by Gasteiger charge is 2.37. The van der Waals surface area contributed by atoms with Crippen LogP contribution in [0.3, 0.4) is 0 Å². The number of ether oxygens (including phenoxy) is 1. The fraction of sp³-hybridized carbons (Fsp3) is 1.00. The molecule has 124 valence electrons. The minimum absolute atomic E-state index is 0.152. The molecule has 2 fully saturated rings. The van der Waals surface area contributed by atoms with Crippen molar-refractivity contribution in [1.29, 1.82) is 0 Å². The monoisotopic (exact) mass is 296 g/mol. The average Bonchev–Trinajstić information content (AvgIpc) is 2.51. The van der Waals surface area contributed by atoms with Gasteiger partial charge in [-0.25, -0.2) is 0 Å². The first-order valence-electron chi connectivity index (χ1n) is 9.26. The molecular weight excluding hydrogens is 260 g/mol. The normalized spacial score (nSPS) is 35.1. The van der Waals surface area contributed by atoms with E-state index in [9.17, 15) is 0 Å². The third kappa shape index (κ3) is 4.43. The third-order valence-electron chi connectivity index (χ3n) is 5.90. The van der Waals surface area contributed by atoms with Crippen molar-refractivity contribution in [2.24, 2.45) is 0 Å². The lowest BCUT2D eigenvalue weighted by Gasteiger charge is -2.45. The second kappa shape index (κ2) is 7.94. The molecule has 3 atom stereocenters. The van der Waals surface area contributed by atoms with Crippen molar-refractivity contribution >= 4 is 0 Å². The van der Waals surface area contributed by atoms with E-state index >= 15 is 0 Å². The van der Waals surface area contributed by atoms with Crippen LogP contribution in [0.15, 0.2) is 0 Å². The first-order chi connectivity index (χ1) is 10.1. The molecular formula is C18H36N2O. The Morgan fingerprint density at radius 3 is 2.48 bits per heavy atom. The summed E-state index contributed by atoms with van der Waals surface area (Å²) in [5.74, 6) is 0. The predicted molar refractivity (Wildman–Crippen MR) is 89.8 cm³/mol. The highest BCUT2D eigenvalue weighted by molar-refractivity contribution is 4.90. The number of hydrogen-bond donors (Lipinski definition) is 1. The van der Waals surface area contributed by atoms with Crippen LogP contribution in [0.1, 0.15) is 72.6 Å². The molecule has 3 unspecified atom stereocenters. The minimum Gasteiger partial charge on any atom is -0.375 e. The molecule has 0 aromatic rings. The van der Waals surface area contributed by atoms with Crippen LogP contribution in [0.4, 0.5) is 0 Å². The van der Waals surface area contributed by atoms with Gasteiger partial charge in [0, 0.05) is 24.7 Å². The molecule has 3 heteroatoms. The molecule has 2 aliphatic rings. The summed E-state index contributed by atoms with van der Waals surface area (Å²) in [5, 5.41) is 3.78. The van der Waals surface area contributed by atoms with Crippen LogP contribution < -0.4 is 5.32 Å². The van der Waals surface area contributed by atoms with Crippen LogP contribution in [-0.4, -0.2) is 48.3 Å². The Hall–Kier alpha value is -0.120. The van der Waals surface area contributed by atoms with Gasteiger partial charge in [-0.3, -0.25) is 0 Å². The van der Waals surface area contributed by atoms with Crippen molar-refractivity contribution in [3.05, 3.63) is 0 Å². The van der Waals surface area contributed by atoms with E-state index in [0.717, 1.165) is 25.5 Å². The molecule has 2 aliphatic heterocycles. The molecule has 3 nitrogen and oxygen atoms in total. The van der Waals surface area contributed by atoms with Gasteiger partial charge in [-0.1, -0.05) is 20.8 Å². The van der Waals surface area contributed by atoms with Gasteiger partial charge >= 0.3 is 0 Å². The van der Waals surface area contributed by atoms with Crippen LogP contribution in [0.25, 0.3) is 0 Å². The smallest absolute Gasteiger partial charge is 0.0692 e. The summed E-state index contributed by atoms with van der Waals surface area (Å²) >= 11 is 0. The van der Waals surface area contributed by atoms with Crippen molar-refractivity contribution in [3.8, 4) is 0 Å². The van der Waals surface area contributed by atoms with E-state index in [2.05, 4.69) is 37.9 Å². The van der Waals surface area contributed by atoms with Crippen LogP contribution in [0, 0.1) is 0 Å². The lowest BCUT2D eigenvalue weighted by Crippen LogP contribution is -2.52. The lowest BCUT2D eigenvalue weighted by molar-refractivity contribution is -0.111. The zero-order valence-corrected chi connectivity index (χ0v) is 14.7. The largest absolute Gasteiger partial charge is 0.375 e. The number of hydrogen-bond acceptors (Lipinski definition) is 3. The maximum atomic E-state index is 6.17. The summed E-state index contributed by atoms with van der Waals surface area (Å²) in [6, 6.07) is 2.09. The third-order valence-corrected chi connectivity index (χ3v) is 5.90. The summed E-state index contributed by atoms with van der Waals surface area (Å²) in [7, 11) is 0. The van der Waals surface area contributed by atoms with Crippen molar-refractivity contribution in [2.45, 2.75) is 96.4 Å². The molecule has 0 bridgehead atoms. The molecule has 21 heavy (non-hydrogen) atoms. The van der Waals surface area contributed by atoms with E-state index in [1.54, 1.807) is 0 Å². The Kier molecular flexibility index (Phi) is 6.51. The van der Waals surface area contributed by atoms with Crippen molar-refractivity contribution in [2.75, 3.05) is 19.7 Å². The van der Waals surface area contributed by atoms with E-state index in [4.69, 9.17) is 4.74 Å². The minimum atomic E-state index is 0.152. The van der Waals surface area contributed by atoms with Gasteiger partial charge in [-0.2, -0.15) is 0 Å². The van der Waals surface area contributed by atoms with Gasteiger partial charge in [0.15, 0.2) is 0 Å². The lowest BCUT2D eigenvalue weighted by atomic mass is 9.85. The number of nitrogens with one attached hydrogen (secondary N) is 1. The maximum Gasteiger partial charge on any atom is 0.0692 e. The number of rotatable bonds is 4. The SMILES string of the molecule is CCC1CCN(C2CCOC(CC)(CC)C2)CCC(C)N1. The first-order valence-corrected chi connectivity index (χ1v) is 9.26. The zero-order valence-electron chi connectivity index (χ0n) is 14.7. The Balaban J connectivity index is 1.98. The van der Waals surface area contributed by atoms with Crippen molar-refractivity contribution in [1.82, 2.24) is 10.2 Å².